The van der Waals surface area contributed by atoms with Gasteiger partial charge in [0.2, 0.25) is 5.91 Å². The second-order valence-electron chi connectivity index (χ2n) is 7.74. The predicted molar refractivity (Wildman–Crippen MR) is 113 cm³/mol. The fourth-order valence-corrected chi connectivity index (χ4v) is 3.99. The number of methoxy groups -OCH3 is 2. The van der Waals surface area contributed by atoms with E-state index >= 15 is 0 Å². The first-order valence-electron chi connectivity index (χ1n) is 10.2. The Labute approximate surface area is 176 Å². The maximum atomic E-state index is 12.6. The number of nitrogens with zero attached hydrogens (tertiary/aromatic N) is 1. The van der Waals surface area contributed by atoms with Gasteiger partial charge >= 0.3 is 6.03 Å². The fraction of sp³-hybridized carbons (Fsp3) is 0.391. The average molecular weight is 409 g/mol. The molecule has 0 saturated heterocycles. The first kappa shape index (κ1) is 20.2. The summed E-state index contributed by atoms with van der Waals surface area (Å²) in [5.41, 5.74) is 3.34. The first-order chi connectivity index (χ1) is 14.6. The van der Waals surface area contributed by atoms with Crippen LogP contribution in [0.15, 0.2) is 42.5 Å². The van der Waals surface area contributed by atoms with Crippen molar-refractivity contribution in [2.24, 2.45) is 0 Å². The fourth-order valence-electron chi connectivity index (χ4n) is 3.99. The van der Waals surface area contributed by atoms with Crippen LogP contribution in [0, 0.1) is 0 Å². The Bertz CT molecular complexity index is 928. The van der Waals surface area contributed by atoms with Crippen LogP contribution < -0.4 is 20.1 Å². The van der Waals surface area contributed by atoms with Crippen LogP contribution in [0.25, 0.3) is 0 Å². The van der Waals surface area contributed by atoms with Crippen LogP contribution in [-0.4, -0.2) is 50.2 Å². The lowest BCUT2D eigenvalue weighted by molar-refractivity contribution is -0.121. The maximum Gasteiger partial charge on any atom is 0.321 e. The number of carbonyl (C=O) groups is 2. The Morgan fingerprint density at radius 2 is 1.77 bits per heavy atom. The van der Waals surface area contributed by atoms with Crippen LogP contribution in [0.5, 0.6) is 11.5 Å². The van der Waals surface area contributed by atoms with E-state index in [4.69, 9.17) is 9.47 Å². The molecule has 2 aromatic carbocycles. The van der Waals surface area contributed by atoms with Gasteiger partial charge in [-0.15, -0.1) is 0 Å². The normalized spacial score (nSPS) is 18.3. The number of hydrogen-bond acceptors (Lipinski definition) is 5. The van der Waals surface area contributed by atoms with Crippen molar-refractivity contribution in [2.45, 2.75) is 31.3 Å². The SMILES string of the molecule is COc1cc2c(cc1OC)[C@@H](c1ccccc1)N(CC(=O)NC(=O)NC1CC1)CC2. The zero-order chi connectivity index (χ0) is 21.1. The molecule has 1 fully saturated rings. The van der Waals surface area contributed by atoms with Crippen molar-refractivity contribution in [2.75, 3.05) is 27.3 Å². The number of nitrogens with one attached hydrogen (secondary N) is 2. The van der Waals surface area contributed by atoms with Crippen molar-refractivity contribution in [3.05, 3.63) is 59.2 Å². The number of ether oxygens (including phenoxy) is 2. The molecule has 1 aliphatic carbocycles. The zero-order valence-electron chi connectivity index (χ0n) is 17.3. The highest BCUT2D eigenvalue weighted by atomic mass is 16.5. The molecule has 158 valence electrons. The van der Waals surface area contributed by atoms with Gasteiger partial charge in [-0.3, -0.25) is 15.0 Å². The molecule has 0 bridgehead atoms. The van der Waals surface area contributed by atoms with Crippen LogP contribution in [-0.2, 0) is 11.2 Å². The summed E-state index contributed by atoms with van der Waals surface area (Å²) in [7, 11) is 3.25. The highest BCUT2D eigenvalue weighted by Gasteiger charge is 2.32. The monoisotopic (exact) mass is 409 g/mol. The van der Waals surface area contributed by atoms with E-state index in [0.717, 1.165) is 30.4 Å². The van der Waals surface area contributed by atoms with Gasteiger partial charge in [0.1, 0.15) is 0 Å². The molecule has 2 N–H and O–H groups in total. The standard InChI is InChI=1S/C23H27N3O4/c1-29-19-12-16-10-11-26(14-21(27)25-23(28)24-17-8-9-17)22(15-6-4-3-5-7-15)18(16)13-20(19)30-2/h3-7,12-13,17,22H,8-11,14H2,1-2H3,(H2,24,25,27,28)/t22-/m1/s1. The third kappa shape index (κ3) is 4.41. The summed E-state index contributed by atoms with van der Waals surface area (Å²) in [6.07, 6.45) is 2.73. The number of fused-ring (bicyclic) bond motifs is 1. The van der Waals surface area contributed by atoms with Crippen LogP contribution >= 0.6 is 0 Å². The molecule has 1 heterocycles. The van der Waals surface area contributed by atoms with Gasteiger partial charge in [0.05, 0.1) is 26.8 Å². The Morgan fingerprint density at radius 1 is 1.07 bits per heavy atom. The summed E-state index contributed by atoms with van der Waals surface area (Å²) in [6.45, 7) is 0.825. The number of amides is 3. The third-order valence-electron chi connectivity index (χ3n) is 5.60. The van der Waals surface area contributed by atoms with Gasteiger partial charge in [-0.2, -0.15) is 0 Å². The first-order valence-corrected chi connectivity index (χ1v) is 10.2. The highest BCUT2D eigenvalue weighted by molar-refractivity contribution is 5.95. The Kier molecular flexibility index (Phi) is 5.90. The van der Waals surface area contributed by atoms with E-state index in [1.165, 1.54) is 5.56 Å². The van der Waals surface area contributed by atoms with E-state index < -0.39 is 6.03 Å². The lowest BCUT2D eigenvalue weighted by atomic mass is 9.87. The van der Waals surface area contributed by atoms with Gasteiger partial charge < -0.3 is 14.8 Å². The summed E-state index contributed by atoms with van der Waals surface area (Å²) in [6, 6.07) is 13.8. The van der Waals surface area contributed by atoms with Crippen molar-refractivity contribution in [3.63, 3.8) is 0 Å². The molecular weight excluding hydrogens is 382 g/mol. The number of rotatable bonds is 6. The molecule has 3 amide bonds. The molecule has 1 atom stereocenters. The highest BCUT2D eigenvalue weighted by Crippen LogP contribution is 2.40. The lowest BCUT2D eigenvalue weighted by Gasteiger charge is -2.37. The Balaban J connectivity index is 1.60. The second-order valence-corrected chi connectivity index (χ2v) is 7.74. The van der Waals surface area contributed by atoms with E-state index in [0.29, 0.717) is 18.0 Å². The van der Waals surface area contributed by atoms with E-state index in [2.05, 4.69) is 27.7 Å². The largest absolute Gasteiger partial charge is 0.493 e. The minimum atomic E-state index is -0.414. The van der Waals surface area contributed by atoms with Gasteiger partial charge in [0.15, 0.2) is 11.5 Å². The van der Waals surface area contributed by atoms with Gasteiger partial charge in [0.25, 0.3) is 0 Å². The second kappa shape index (κ2) is 8.75. The summed E-state index contributed by atoms with van der Waals surface area (Å²) >= 11 is 0. The van der Waals surface area contributed by atoms with Gasteiger partial charge in [-0.25, -0.2) is 4.79 Å². The van der Waals surface area contributed by atoms with Crippen molar-refractivity contribution < 1.29 is 19.1 Å². The van der Waals surface area contributed by atoms with E-state index in [-0.39, 0.29) is 24.5 Å². The van der Waals surface area contributed by atoms with Crippen molar-refractivity contribution in [1.82, 2.24) is 15.5 Å². The number of hydrogen-bond donors (Lipinski definition) is 2. The van der Waals surface area contributed by atoms with Gasteiger partial charge in [0, 0.05) is 12.6 Å². The quantitative estimate of drug-likeness (QED) is 0.767. The van der Waals surface area contributed by atoms with Gasteiger partial charge in [-0.1, -0.05) is 30.3 Å². The molecule has 2 aromatic rings. The molecule has 0 spiro atoms. The van der Waals surface area contributed by atoms with E-state index in [1.807, 2.05) is 30.3 Å². The Hall–Kier alpha value is -3.06. The van der Waals surface area contributed by atoms with Crippen LogP contribution in [0.3, 0.4) is 0 Å². The van der Waals surface area contributed by atoms with E-state index in [1.54, 1.807) is 14.2 Å². The van der Waals surface area contributed by atoms with Crippen LogP contribution in [0.4, 0.5) is 4.79 Å². The number of imide groups is 1. The smallest absolute Gasteiger partial charge is 0.321 e. The summed E-state index contributed by atoms with van der Waals surface area (Å²) < 4.78 is 11.0. The molecule has 7 heteroatoms. The van der Waals surface area contributed by atoms with Gasteiger partial charge in [-0.05, 0) is 48.1 Å². The molecule has 1 saturated carbocycles. The number of urea groups is 1. The minimum Gasteiger partial charge on any atom is -0.493 e. The molecule has 2 aliphatic rings. The van der Waals surface area contributed by atoms with E-state index in [9.17, 15) is 9.59 Å². The minimum absolute atomic E-state index is 0.119. The van der Waals surface area contributed by atoms with Crippen molar-refractivity contribution in [1.29, 1.82) is 0 Å². The topological polar surface area (TPSA) is 79.9 Å². The maximum absolute atomic E-state index is 12.6. The molecule has 1 aliphatic heterocycles. The summed E-state index contributed by atoms with van der Waals surface area (Å²) in [5.74, 6) is 1.05. The molecular formula is C23H27N3O4. The Morgan fingerprint density at radius 3 is 2.43 bits per heavy atom. The van der Waals surface area contributed by atoms with Crippen LogP contribution in [0.2, 0.25) is 0 Å². The van der Waals surface area contributed by atoms with Crippen LogP contribution in [0.1, 0.15) is 35.6 Å². The third-order valence-corrected chi connectivity index (χ3v) is 5.60. The van der Waals surface area contributed by atoms with Crippen molar-refractivity contribution in [3.8, 4) is 11.5 Å². The zero-order valence-corrected chi connectivity index (χ0v) is 17.3. The summed E-state index contributed by atoms with van der Waals surface area (Å²) in [5, 5.41) is 5.25. The van der Waals surface area contributed by atoms with Crippen molar-refractivity contribution >= 4 is 11.9 Å². The predicted octanol–water partition coefficient (Wildman–Crippen LogP) is 2.64. The molecule has 0 unspecified atom stereocenters. The number of benzene rings is 2. The molecule has 4 rings (SSSR count). The average Bonchev–Trinajstić information content (AvgIpc) is 3.56. The lowest BCUT2D eigenvalue weighted by Crippen LogP contribution is -2.47. The number of carbonyl (C=O) groups excluding carboxylic acids is 2. The molecule has 30 heavy (non-hydrogen) atoms. The molecule has 7 nitrogen and oxygen atoms in total. The summed E-state index contributed by atoms with van der Waals surface area (Å²) in [4.78, 5) is 26.6. The molecule has 0 aromatic heterocycles. The molecule has 0 radical (unpaired) electrons.